The normalized spacial score (nSPS) is 12.4. The van der Waals surface area contributed by atoms with Crippen LogP contribution in [0.25, 0.3) is 6.08 Å². The highest BCUT2D eigenvalue weighted by atomic mass is 16.5. The fourth-order valence-electron chi connectivity index (χ4n) is 1.47. The van der Waals surface area contributed by atoms with E-state index in [-0.39, 0.29) is 11.9 Å². The Bertz CT molecular complexity index is 398. The lowest BCUT2D eigenvalue weighted by Crippen LogP contribution is -2.34. The molecular weight excluding hydrogens is 230 g/mol. The highest BCUT2D eigenvalue weighted by molar-refractivity contribution is 5.91. The molecule has 0 radical (unpaired) electrons. The van der Waals surface area contributed by atoms with Crippen molar-refractivity contribution in [1.82, 2.24) is 5.32 Å². The van der Waals surface area contributed by atoms with Gasteiger partial charge in [-0.05, 0) is 30.7 Å². The number of hydrogen-bond donors (Lipinski definition) is 1. The van der Waals surface area contributed by atoms with E-state index in [4.69, 9.17) is 9.47 Å². The molecule has 4 heteroatoms. The second kappa shape index (κ2) is 7.50. The van der Waals surface area contributed by atoms with Crippen LogP contribution in [0.3, 0.4) is 0 Å². The molecule has 0 fully saturated rings. The summed E-state index contributed by atoms with van der Waals surface area (Å²) in [5.41, 5.74) is 0.949. The zero-order valence-electron chi connectivity index (χ0n) is 11.0. The summed E-state index contributed by atoms with van der Waals surface area (Å²) in [6.45, 7) is 2.39. The smallest absolute Gasteiger partial charge is 0.244 e. The molecule has 4 nitrogen and oxygen atoms in total. The molecule has 0 aliphatic carbocycles. The first-order chi connectivity index (χ1) is 8.65. The largest absolute Gasteiger partial charge is 0.497 e. The van der Waals surface area contributed by atoms with Crippen molar-refractivity contribution in [1.29, 1.82) is 0 Å². The Morgan fingerprint density at radius 1 is 1.33 bits per heavy atom. The molecule has 1 atom stereocenters. The van der Waals surface area contributed by atoms with E-state index in [1.54, 1.807) is 20.3 Å². The minimum atomic E-state index is -0.129. The Balaban J connectivity index is 2.49. The molecule has 98 valence electrons. The van der Waals surface area contributed by atoms with E-state index in [1.165, 1.54) is 6.08 Å². The van der Waals surface area contributed by atoms with E-state index in [1.807, 2.05) is 31.2 Å². The highest BCUT2D eigenvalue weighted by Gasteiger charge is 2.03. The van der Waals surface area contributed by atoms with Crippen LogP contribution < -0.4 is 10.1 Å². The van der Waals surface area contributed by atoms with Gasteiger partial charge in [-0.15, -0.1) is 0 Å². The molecule has 1 amide bonds. The first kappa shape index (κ1) is 14.3. The van der Waals surface area contributed by atoms with Crippen LogP contribution in [-0.4, -0.2) is 32.8 Å². The molecule has 1 aromatic carbocycles. The summed E-state index contributed by atoms with van der Waals surface area (Å²) in [6, 6.07) is 7.49. The molecular formula is C14H19NO3. The van der Waals surface area contributed by atoms with Gasteiger partial charge in [0.15, 0.2) is 0 Å². The lowest BCUT2D eigenvalue weighted by Gasteiger charge is -2.10. The average molecular weight is 249 g/mol. The molecule has 0 aliphatic rings. The Labute approximate surface area is 108 Å². The number of amides is 1. The first-order valence-corrected chi connectivity index (χ1v) is 5.77. The Morgan fingerprint density at radius 3 is 2.56 bits per heavy atom. The molecule has 0 heterocycles. The molecule has 0 spiro atoms. The van der Waals surface area contributed by atoms with Crippen LogP contribution in [0.2, 0.25) is 0 Å². The Morgan fingerprint density at radius 2 is 2.00 bits per heavy atom. The van der Waals surface area contributed by atoms with Gasteiger partial charge in [-0.3, -0.25) is 4.79 Å². The van der Waals surface area contributed by atoms with Gasteiger partial charge in [-0.2, -0.15) is 0 Å². The number of hydrogen-bond acceptors (Lipinski definition) is 3. The SMILES string of the molecule is COCC(C)NC(=O)/C=C/c1ccc(OC)cc1. The third-order valence-electron chi connectivity index (χ3n) is 2.35. The molecule has 1 aromatic rings. The zero-order chi connectivity index (χ0) is 13.4. The van der Waals surface area contributed by atoms with Crippen LogP contribution in [0.1, 0.15) is 12.5 Å². The van der Waals surface area contributed by atoms with E-state index in [0.717, 1.165) is 11.3 Å². The number of benzene rings is 1. The molecule has 0 saturated heterocycles. The van der Waals surface area contributed by atoms with Crippen molar-refractivity contribution in [2.24, 2.45) is 0 Å². The quantitative estimate of drug-likeness (QED) is 0.783. The van der Waals surface area contributed by atoms with Crippen molar-refractivity contribution >= 4 is 12.0 Å². The van der Waals surface area contributed by atoms with Crippen LogP contribution in [0, 0.1) is 0 Å². The molecule has 1 unspecified atom stereocenters. The van der Waals surface area contributed by atoms with Gasteiger partial charge in [-0.25, -0.2) is 0 Å². The predicted octanol–water partition coefficient (Wildman–Crippen LogP) is 1.86. The Kier molecular flexibility index (Phi) is 5.94. The first-order valence-electron chi connectivity index (χ1n) is 5.77. The number of nitrogens with one attached hydrogen (secondary N) is 1. The maximum atomic E-state index is 11.5. The number of methoxy groups -OCH3 is 2. The summed E-state index contributed by atoms with van der Waals surface area (Å²) in [4.78, 5) is 11.5. The van der Waals surface area contributed by atoms with Crippen molar-refractivity contribution in [2.75, 3.05) is 20.8 Å². The highest BCUT2D eigenvalue weighted by Crippen LogP contribution is 2.12. The van der Waals surface area contributed by atoms with E-state index in [9.17, 15) is 4.79 Å². The van der Waals surface area contributed by atoms with Crippen molar-refractivity contribution < 1.29 is 14.3 Å². The molecule has 1 rings (SSSR count). The predicted molar refractivity (Wildman–Crippen MR) is 71.5 cm³/mol. The van der Waals surface area contributed by atoms with E-state index < -0.39 is 0 Å². The standard InChI is InChI=1S/C14H19NO3/c1-11(10-17-2)15-14(16)9-6-12-4-7-13(18-3)8-5-12/h4-9,11H,10H2,1-3H3,(H,15,16)/b9-6+. The second-order valence-corrected chi connectivity index (χ2v) is 3.97. The van der Waals surface area contributed by atoms with Gasteiger partial charge in [0, 0.05) is 19.2 Å². The van der Waals surface area contributed by atoms with E-state index in [2.05, 4.69) is 5.32 Å². The molecule has 0 saturated carbocycles. The van der Waals surface area contributed by atoms with Crippen molar-refractivity contribution in [3.63, 3.8) is 0 Å². The zero-order valence-corrected chi connectivity index (χ0v) is 11.0. The number of carbonyl (C=O) groups is 1. The number of ether oxygens (including phenoxy) is 2. The lowest BCUT2D eigenvalue weighted by molar-refractivity contribution is -0.117. The van der Waals surface area contributed by atoms with Crippen molar-refractivity contribution in [3.05, 3.63) is 35.9 Å². The third kappa shape index (κ3) is 5.01. The lowest BCUT2D eigenvalue weighted by atomic mass is 10.2. The van der Waals surface area contributed by atoms with Gasteiger partial charge < -0.3 is 14.8 Å². The van der Waals surface area contributed by atoms with Crippen LogP contribution >= 0.6 is 0 Å². The summed E-state index contributed by atoms with van der Waals surface area (Å²) in [6.07, 6.45) is 3.27. The molecule has 0 aromatic heterocycles. The van der Waals surface area contributed by atoms with Crippen molar-refractivity contribution in [2.45, 2.75) is 13.0 Å². The van der Waals surface area contributed by atoms with Crippen LogP contribution in [0.4, 0.5) is 0 Å². The molecule has 0 aliphatic heterocycles. The van der Waals surface area contributed by atoms with Crippen LogP contribution in [-0.2, 0) is 9.53 Å². The summed E-state index contributed by atoms with van der Waals surface area (Å²) in [7, 11) is 3.23. The van der Waals surface area contributed by atoms with Gasteiger partial charge >= 0.3 is 0 Å². The molecule has 18 heavy (non-hydrogen) atoms. The minimum Gasteiger partial charge on any atom is -0.497 e. The topological polar surface area (TPSA) is 47.6 Å². The fourth-order valence-corrected chi connectivity index (χ4v) is 1.47. The number of rotatable bonds is 6. The molecule has 1 N–H and O–H groups in total. The summed E-state index contributed by atoms with van der Waals surface area (Å²) >= 11 is 0. The maximum Gasteiger partial charge on any atom is 0.244 e. The van der Waals surface area contributed by atoms with Gasteiger partial charge in [0.2, 0.25) is 5.91 Å². The fraction of sp³-hybridized carbons (Fsp3) is 0.357. The summed E-state index contributed by atoms with van der Waals surface area (Å²) < 4.78 is 10.00. The maximum absolute atomic E-state index is 11.5. The second-order valence-electron chi connectivity index (χ2n) is 3.97. The van der Waals surface area contributed by atoms with Crippen LogP contribution in [0.15, 0.2) is 30.3 Å². The van der Waals surface area contributed by atoms with Gasteiger partial charge in [0.25, 0.3) is 0 Å². The summed E-state index contributed by atoms with van der Waals surface area (Å²) in [5, 5.41) is 2.80. The van der Waals surface area contributed by atoms with E-state index >= 15 is 0 Å². The van der Waals surface area contributed by atoms with Gasteiger partial charge in [-0.1, -0.05) is 12.1 Å². The average Bonchev–Trinajstić information content (AvgIpc) is 2.37. The van der Waals surface area contributed by atoms with Gasteiger partial charge in [0.1, 0.15) is 5.75 Å². The Hall–Kier alpha value is -1.81. The third-order valence-corrected chi connectivity index (χ3v) is 2.35. The van der Waals surface area contributed by atoms with E-state index in [0.29, 0.717) is 6.61 Å². The minimum absolute atomic E-state index is 0.00279. The number of carbonyl (C=O) groups excluding carboxylic acids is 1. The van der Waals surface area contributed by atoms with Gasteiger partial charge in [0.05, 0.1) is 13.7 Å². The van der Waals surface area contributed by atoms with Crippen LogP contribution in [0.5, 0.6) is 5.75 Å². The van der Waals surface area contributed by atoms with Crippen molar-refractivity contribution in [3.8, 4) is 5.75 Å². The molecule has 0 bridgehead atoms. The summed E-state index contributed by atoms with van der Waals surface area (Å²) in [5.74, 6) is 0.667. The monoisotopic (exact) mass is 249 g/mol.